The van der Waals surface area contributed by atoms with Gasteiger partial charge in [0.25, 0.3) is 0 Å². The molecule has 0 aliphatic carbocycles. The van der Waals surface area contributed by atoms with Crippen LogP contribution in [0.15, 0.2) is 12.1 Å². The van der Waals surface area contributed by atoms with Gasteiger partial charge in [0.1, 0.15) is 5.75 Å². The second kappa shape index (κ2) is 4.81. The zero-order valence-electron chi connectivity index (χ0n) is 11.4. The summed E-state index contributed by atoms with van der Waals surface area (Å²) in [7, 11) is 0. The van der Waals surface area contributed by atoms with Crippen molar-refractivity contribution in [3.8, 4) is 5.75 Å². The fourth-order valence-electron chi connectivity index (χ4n) is 2.88. The standard InChI is InChI=1S/C15H17NO4/c1-9-4-6-20-14-11(9)7-10(15(18)19)8-12(14)16-5-2-3-13(16)17/h7-9H,2-6H2,1H3,(H,18,19). The summed E-state index contributed by atoms with van der Waals surface area (Å²) in [6.45, 7) is 3.30. The molecule has 0 spiro atoms. The SMILES string of the molecule is CC1CCOc2c1cc(C(=O)O)cc2N1CCCC1=O. The van der Waals surface area contributed by atoms with Crippen LogP contribution < -0.4 is 9.64 Å². The lowest BCUT2D eigenvalue weighted by atomic mass is 9.92. The van der Waals surface area contributed by atoms with Crippen molar-refractivity contribution in [1.29, 1.82) is 0 Å². The van der Waals surface area contributed by atoms with E-state index in [2.05, 4.69) is 6.92 Å². The molecule has 5 nitrogen and oxygen atoms in total. The molecule has 0 radical (unpaired) electrons. The van der Waals surface area contributed by atoms with Crippen molar-refractivity contribution in [1.82, 2.24) is 0 Å². The fraction of sp³-hybridized carbons (Fsp3) is 0.467. The number of carbonyl (C=O) groups excluding carboxylic acids is 1. The maximum absolute atomic E-state index is 11.9. The summed E-state index contributed by atoms with van der Waals surface area (Å²) >= 11 is 0. The van der Waals surface area contributed by atoms with Crippen LogP contribution in [0, 0.1) is 0 Å². The second-order valence-corrected chi connectivity index (χ2v) is 5.41. The van der Waals surface area contributed by atoms with E-state index in [1.165, 1.54) is 0 Å². The van der Waals surface area contributed by atoms with E-state index in [0.717, 1.165) is 18.4 Å². The minimum atomic E-state index is -0.974. The van der Waals surface area contributed by atoms with Gasteiger partial charge in [0.05, 0.1) is 17.9 Å². The van der Waals surface area contributed by atoms with E-state index in [1.54, 1.807) is 17.0 Å². The van der Waals surface area contributed by atoms with Gasteiger partial charge in [-0.3, -0.25) is 4.79 Å². The summed E-state index contributed by atoms with van der Waals surface area (Å²) in [5.41, 5.74) is 1.73. The zero-order valence-corrected chi connectivity index (χ0v) is 11.4. The predicted octanol–water partition coefficient (Wildman–Crippen LogP) is 2.40. The largest absolute Gasteiger partial charge is 0.491 e. The summed E-state index contributed by atoms with van der Waals surface area (Å²) in [6.07, 6.45) is 2.19. The molecule has 3 rings (SSSR count). The van der Waals surface area contributed by atoms with Crippen LogP contribution >= 0.6 is 0 Å². The molecule has 1 amide bonds. The van der Waals surface area contributed by atoms with Gasteiger partial charge in [0.15, 0.2) is 0 Å². The Hall–Kier alpha value is -2.04. The number of benzene rings is 1. The molecule has 106 valence electrons. The van der Waals surface area contributed by atoms with E-state index in [1.807, 2.05) is 0 Å². The van der Waals surface area contributed by atoms with Crippen LogP contribution in [0.3, 0.4) is 0 Å². The van der Waals surface area contributed by atoms with E-state index in [-0.39, 0.29) is 17.4 Å². The quantitative estimate of drug-likeness (QED) is 0.900. The molecule has 1 N–H and O–H groups in total. The lowest BCUT2D eigenvalue weighted by molar-refractivity contribution is -0.117. The topological polar surface area (TPSA) is 66.8 Å². The number of hydrogen-bond acceptors (Lipinski definition) is 3. The van der Waals surface area contributed by atoms with E-state index in [4.69, 9.17) is 4.74 Å². The molecular weight excluding hydrogens is 258 g/mol. The number of ether oxygens (including phenoxy) is 1. The van der Waals surface area contributed by atoms with E-state index < -0.39 is 5.97 Å². The Labute approximate surface area is 117 Å². The third-order valence-electron chi connectivity index (χ3n) is 4.04. The van der Waals surface area contributed by atoms with Crippen LogP contribution in [-0.2, 0) is 4.79 Å². The van der Waals surface area contributed by atoms with Gasteiger partial charge in [-0.15, -0.1) is 0 Å². The van der Waals surface area contributed by atoms with Crippen molar-refractivity contribution in [2.45, 2.75) is 32.1 Å². The van der Waals surface area contributed by atoms with Gasteiger partial charge in [0, 0.05) is 18.5 Å². The van der Waals surface area contributed by atoms with Crippen LogP contribution in [-0.4, -0.2) is 30.1 Å². The summed E-state index contributed by atoms with van der Waals surface area (Å²) < 4.78 is 5.73. The maximum Gasteiger partial charge on any atom is 0.335 e. The third-order valence-corrected chi connectivity index (χ3v) is 4.04. The van der Waals surface area contributed by atoms with Crippen LogP contribution in [0.5, 0.6) is 5.75 Å². The van der Waals surface area contributed by atoms with Crippen molar-refractivity contribution in [2.24, 2.45) is 0 Å². The molecule has 1 saturated heterocycles. The van der Waals surface area contributed by atoms with Gasteiger partial charge in [-0.05, 0) is 30.9 Å². The molecule has 2 aliphatic heterocycles. The van der Waals surface area contributed by atoms with Gasteiger partial charge < -0.3 is 14.7 Å². The molecule has 5 heteroatoms. The lowest BCUT2D eigenvalue weighted by Gasteiger charge is -2.28. The smallest absolute Gasteiger partial charge is 0.335 e. The minimum Gasteiger partial charge on any atom is -0.491 e. The Morgan fingerprint density at radius 2 is 2.25 bits per heavy atom. The third kappa shape index (κ3) is 2.03. The Morgan fingerprint density at radius 1 is 1.45 bits per heavy atom. The van der Waals surface area contributed by atoms with Crippen molar-refractivity contribution in [3.05, 3.63) is 23.3 Å². The lowest BCUT2D eigenvalue weighted by Crippen LogP contribution is -2.26. The van der Waals surface area contributed by atoms with Crippen molar-refractivity contribution in [3.63, 3.8) is 0 Å². The van der Waals surface area contributed by atoms with Gasteiger partial charge in [0.2, 0.25) is 5.91 Å². The molecule has 1 aromatic rings. The molecular formula is C15H17NO4. The number of carboxylic acids is 1. The summed E-state index contributed by atoms with van der Waals surface area (Å²) in [6, 6.07) is 3.23. The Bertz CT molecular complexity index is 581. The average molecular weight is 275 g/mol. The van der Waals surface area contributed by atoms with E-state index in [0.29, 0.717) is 31.0 Å². The number of hydrogen-bond donors (Lipinski definition) is 1. The number of carbonyl (C=O) groups is 2. The molecule has 2 heterocycles. The Balaban J connectivity index is 2.16. The number of aromatic carboxylic acids is 1. The normalized spacial score (nSPS) is 21.6. The van der Waals surface area contributed by atoms with Crippen LogP contribution in [0.25, 0.3) is 0 Å². The van der Waals surface area contributed by atoms with Gasteiger partial charge in [-0.25, -0.2) is 4.79 Å². The van der Waals surface area contributed by atoms with Crippen LogP contribution in [0.4, 0.5) is 5.69 Å². The number of nitrogens with zero attached hydrogens (tertiary/aromatic N) is 1. The second-order valence-electron chi connectivity index (χ2n) is 5.41. The van der Waals surface area contributed by atoms with Crippen LogP contribution in [0.1, 0.15) is 48.0 Å². The molecule has 1 atom stereocenters. The molecule has 20 heavy (non-hydrogen) atoms. The Morgan fingerprint density at radius 3 is 2.90 bits per heavy atom. The van der Waals surface area contributed by atoms with E-state index >= 15 is 0 Å². The van der Waals surface area contributed by atoms with Crippen molar-refractivity contribution >= 4 is 17.6 Å². The molecule has 0 aromatic heterocycles. The highest BCUT2D eigenvalue weighted by Crippen LogP contribution is 2.42. The molecule has 1 aromatic carbocycles. The minimum absolute atomic E-state index is 0.0385. The monoisotopic (exact) mass is 275 g/mol. The molecule has 0 bridgehead atoms. The molecule has 1 fully saturated rings. The summed E-state index contributed by atoms with van der Waals surface area (Å²) in [5, 5.41) is 9.26. The molecule has 0 saturated carbocycles. The maximum atomic E-state index is 11.9. The number of fused-ring (bicyclic) bond motifs is 1. The first-order chi connectivity index (χ1) is 9.58. The van der Waals surface area contributed by atoms with Gasteiger partial charge in [-0.1, -0.05) is 6.92 Å². The highest BCUT2D eigenvalue weighted by Gasteiger charge is 2.30. The number of anilines is 1. The van der Waals surface area contributed by atoms with Gasteiger partial charge >= 0.3 is 5.97 Å². The highest BCUT2D eigenvalue weighted by molar-refractivity contribution is 5.99. The first-order valence-corrected chi connectivity index (χ1v) is 6.92. The van der Waals surface area contributed by atoms with Crippen LogP contribution in [0.2, 0.25) is 0 Å². The average Bonchev–Trinajstić information content (AvgIpc) is 2.84. The zero-order chi connectivity index (χ0) is 14.3. The number of carboxylic acid groups (broad SMARTS) is 1. The van der Waals surface area contributed by atoms with Gasteiger partial charge in [-0.2, -0.15) is 0 Å². The van der Waals surface area contributed by atoms with Crippen molar-refractivity contribution < 1.29 is 19.4 Å². The number of amides is 1. The first-order valence-electron chi connectivity index (χ1n) is 6.92. The highest BCUT2D eigenvalue weighted by atomic mass is 16.5. The summed E-state index contributed by atoms with van der Waals surface area (Å²) in [4.78, 5) is 24.9. The van der Waals surface area contributed by atoms with E-state index in [9.17, 15) is 14.7 Å². The Kier molecular flexibility index (Phi) is 3.12. The number of rotatable bonds is 2. The summed E-state index contributed by atoms with van der Waals surface area (Å²) in [5.74, 6) is -0.00598. The fourth-order valence-corrected chi connectivity index (χ4v) is 2.88. The predicted molar refractivity (Wildman–Crippen MR) is 73.5 cm³/mol. The first kappa shape index (κ1) is 13.0. The van der Waals surface area contributed by atoms with Crippen molar-refractivity contribution in [2.75, 3.05) is 18.1 Å². The molecule has 1 unspecified atom stereocenters. The molecule has 2 aliphatic rings.